The van der Waals surface area contributed by atoms with Crippen molar-refractivity contribution < 1.29 is 28.7 Å². The summed E-state index contributed by atoms with van der Waals surface area (Å²) in [6.45, 7) is 9.06. The summed E-state index contributed by atoms with van der Waals surface area (Å²) in [4.78, 5) is 31.4. The number of carbonyl (C=O) groups is 2. The lowest BCUT2D eigenvalue weighted by molar-refractivity contribution is -0.135. The fourth-order valence-corrected chi connectivity index (χ4v) is 4.42. The number of nitriles is 1. The van der Waals surface area contributed by atoms with E-state index < -0.39 is 30.3 Å². The second kappa shape index (κ2) is 11.8. The Bertz CT molecular complexity index is 1440. The van der Waals surface area contributed by atoms with Crippen LogP contribution in [0.3, 0.4) is 0 Å². The van der Waals surface area contributed by atoms with Gasteiger partial charge in [0.15, 0.2) is 0 Å². The predicted octanol–water partition coefficient (Wildman–Crippen LogP) is 3.83. The number of carbonyl (C=O) groups excluding carboxylic acids is 2. The molecule has 0 bridgehead atoms. The molecule has 1 aliphatic rings. The number of hydrogen-bond acceptors (Lipinski definition) is 9. The number of aliphatic hydroxyl groups excluding tert-OH is 1. The fraction of sp³-hybridized carbons (Fsp3) is 0.414. The molecule has 4 rings (SSSR count). The average Bonchev–Trinajstić information content (AvgIpc) is 3.39. The van der Waals surface area contributed by atoms with Crippen molar-refractivity contribution in [2.75, 3.05) is 13.2 Å². The van der Waals surface area contributed by atoms with E-state index in [4.69, 9.17) is 14.0 Å². The van der Waals surface area contributed by atoms with Crippen LogP contribution in [0, 0.1) is 11.3 Å². The molecule has 1 aromatic heterocycles. The maximum absolute atomic E-state index is 13.1. The summed E-state index contributed by atoms with van der Waals surface area (Å²) in [7, 11) is 0. The summed E-state index contributed by atoms with van der Waals surface area (Å²) in [5.41, 5.74) is 2.91. The van der Waals surface area contributed by atoms with E-state index in [0.717, 1.165) is 16.7 Å². The van der Waals surface area contributed by atoms with Gasteiger partial charge in [-0.15, -0.1) is 0 Å². The Hall–Kier alpha value is -4.43. The van der Waals surface area contributed by atoms with Gasteiger partial charge in [-0.05, 0) is 70.4 Å². The van der Waals surface area contributed by atoms with E-state index in [9.17, 15) is 20.0 Å². The first kappa shape index (κ1) is 28.6. The molecule has 1 aliphatic heterocycles. The number of benzene rings is 2. The Morgan fingerprint density at radius 2 is 2.02 bits per heavy atom. The van der Waals surface area contributed by atoms with E-state index in [-0.39, 0.29) is 12.0 Å². The van der Waals surface area contributed by atoms with Crippen molar-refractivity contribution in [1.82, 2.24) is 20.4 Å². The van der Waals surface area contributed by atoms with Crippen LogP contribution in [0.15, 0.2) is 40.9 Å². The van der Waals surface area contributed by atoms with Gasteiger partial charge in [0.05, 0.1) is 18.3 Å². The van der Waals surface area contributed by atoms with Crippen LogP contribution in [-0.2, 0) is 22.5 Å². The third-order valence-electron chi connectivity index (χ3n) is 6.13. The molecule has 210 valence electrons. The molecule has 0 fully saturated rings. The van der Waals surface area contributed by atoms with E-state index >= 15 is 0 Å². The molecule has 2 aromatic carbocycles. The van der Waals surface area contributed by atoms with E-state index in [0.29, 0.717) is 42.2 Å². The van der Waals surface area contributed by atoms with Gasteiger partial charge in [0, 0.05) is 24.2 Å². The molecule has 0 aliphatic carbocycles. The third kappa shape index (κ3) is 6.58. The number of ether oxygens (including phenoxy) is 2. The van der Waals surface area contributed by atoms with E-state index in [2.05, 4.69) is 21.5 Å². The topological polar surface area (TPSA) is 151 Å². The summed E-state index contributed by atoms with van der Waals surface area (Å²) in [6.07, 6.45) is -0.318. The molecule has 2 amide bonds. The summed E-state index contributed by atoms with van der Waals surface area (Å²) >= 11 is 0. The number of aromatic nitrogens is 2. The Kier molecular flexibility index (Phi) is 8.40. The second-order valence-electron chi connectivity index (χ2n) is 10.7. The van der Waals surface area contributed by atoms with Crippen LogP contribution in [0.1, 0.15) is 51.3 Å². The highest BCUT2D eigenvalue weighted by atomic mass is 16.6. The molecule has 2 heterocycles. The van der Waals surface area contributed by atoms with Crippen LogP contribution >= 0.6 is 0 Å². The molecule has 0 spiro atoms. The fourth-order valence-electron chi connectivity index (χ4n) is 4.42. The van der Waals surface area contributed by atoms with Crippen LogP contribution in [0.2, 0.25) is 0 Å². The van der Waals surface area contributed by atoms with Crippen LogP contribution in [0.25, 0.3) is 22.8 Å². The first-order valence-corrected chi connectivity index (χ1v) is 13.0. The van der Waals surface area contributed by atoms with Gasteiger partial charge < -0.3 is 29.3 Å². The highest BCUT2D eigenvalue weighted by Gasteiger charge is 2.31. The predicted molar refractivity (Wildman–Crippen MR) is 145 cm³/mol. The van der Waals surface area contributed by atoms with Crippen molar-refractivity contribution in [3.63, 3.8) is 0 Å². The van der Waals surface area contributed by atoms with Gasteiger partial charge in [-0.1, -0.05) is 23.4 Å². The molecule has 0 unspecified atom stereocenters. The zero-order valence-electron chi connectivity index (χ0n) is 23.2. The van der Waals surface area contributed by atoms with Gasteiger partial charge in [0.2, 0.25) is 11.7 Å². The first-order chi connectivity index (χ1) is 19.0. The first-order valence-electron chi connectivity index (χ1n) is 13.0. The Morgan fingerprint density at radius 1 is 1.25 bits per heavy atom. The zero-order valence-corrected chi connectivity index (χ0v) is 23.2. The lowest BCUT2D eigenvalue weighted by Crippen LogP contribution is -2.52. The number of alkyl carbamates (subject to hydrolysis) is 1. The molecule has 3 aromatic rings. The molecule has 11 heteroatoms. The highest BCUT2D eigenvalue weighted by molar-refractivity contribution is 5.86. The molecule has 2 N–H and O–H groups in total. The molecule has 40 heavy (non-hydrogen) atoms. The number of nitrogens with zero attached hydrogens (tertiary/aromatic N) is 4. The number of rotatable bonds is 7. The van der Waals surface area contributed by atoms with Crippen molar-refractivity contribution in [3.05, 3.63) is 53.1 Å². The summed E-state index contributed by atoms with van der Waals surface area (Å²) < 4.78 is 16.4. The largest absolute Gasteiger partial charge is 0.490 e. The smallest absolute Gasteiger partial charge is 0.408 e. The van der Waals surface area contributed by atoms with Gasteiger partial charge in [-0.2, -0.15) is 10.2 Å². The molecule has 0 saturated heterocycles. The quantitative estimate of drug-likeness (QED) is 0.450. The molecular formula is C29H33N5O6. The molecular weight excluding hydrogens is 514 g/mol. The van der Waals surface area contributed by atoms with Crippen molar-refractivity contribution >= 4 is 12.0 Å². The minimum atomic E-state index is -1.12. The molecule has 1 atom stereocenters. The maximum atomic E-state index is 13.1. The maximum Gasteiger partial charge on any atom is 0.408 e. The minimum Gasteiger partial charge on any atom is -0.490 e. The van der Waals surface area contributed by atoms with Gasteiger partial charge in [-0.3, -0.25) is 4.79 Å². The number of aliphatic hydroxyl groups is 1. The van der Waals surface area contributed by atoms with Crippen molar-refractivity contribution in [2.45, 2.75) is 65.3 Å². The number of hydrogen-bond donors (Lipinski definition) is 2. The van der Waals surface area contributed by atoms with Crippen LogP contribution in [0.5, 0.6) is 5.75 Å². The standard InChI is InChI=1S/C29H33N5O6/c1-17(2)38-24-10-9-18(13-20(24)14-30)26-32-25(33-40-26)22-8-6-7-19-15-34(12-11-21(19)22)27(36)23(16-35)31-28(37)39-29(3,4)5/h6-10,13,17,23,35H,11-12,15-16H2,1-5H3,(H,31,37)/t23-/m1/s1. The van der Waals surface area contributed by atoms with Crippen molar-refractivity contribution in [3.8, 4) is 34.7 Å². The Labute approximate surface area is 232 Å². The SMILES string of the molecule is CC(C)Oc1ccc(-c2nc(-c3cccc4c3CCN(C(=O)[C@@H](CO)NC(=O)OC(C)(C)C)C4)no2)cc1C#N. The van der Waals surface area contributed by atoms with Crippen LogP contribution in [-0.4, -0.2) is 63.0 Å². The van der Waals surface area contributed by atoms with Gasteiger partial charge >= 0.3 is 6.09 Å². The number of fused-ring (bicyclic) bond motifs is 1. The van der Waals surface area contributed by atoms with Crippen molar-refractivity contribution in [2.24, 2.45) is 0 Å². The Balaban J connectivity index is 1.51. The molecule has 0 saturated carbocycles. The van der Waals surface area contributed by atoms with Gasteiger partial charge in [0.1, 0.15) is 23.5 Å². The summed E-state index contributed by atoms with van der Waals surface area (Å²) in [5.74, 6) is 0.755. The number of amides is 2. The van der Waals surface area contributed by atoms with E-state index in [1.54, 1.807) is 43.9 Å². The normalized spacial score (nSPS) is 13.8. The van der Waals surface area contributed by atoms with E-state index in [1.807, 2.05) is 32.0 Å². The summed E-state index contributed by atoms with van der Waals surface area (Å²) in [6, 6.07) is 11.8. The number of nitrogens with one attached hydrogen (secondary N) is 1. The van der Waals surface area contributed by atoms with Crippen LogP contribution < -0.4 is 10.1 Å². The van der Waals surface area contributed by atoms with Gasteiger partial charge in [0.25, 0.3) is 5.89 Å². The second-order valence-corrected chi connectivity index (χ2v) is 10.7. The lowest BCUT2D eigenvalue weighted by atomic mass is 9.93. The monoisotopic (exact) mass is 547 g/mol. The third-order valence-corrected chi connectivity index (χ3v) is 6.13. The summed E-state index contributed by atoms with van der Waals surface area (Å²) in [5, 5.41) is 26.0. The van der Waals surface area contributed by atoms with Crippen LogP contribution in [0.4, 0.5) is 4.79 Å². The van der Waals surface area contributed by atoms with Crippen molar-refractivity contribution in [1.29, 1.82) is 5.26 Å². The lowest BCUT2D eigenvalue weighted by Gasteiger charge is -2.32. The Morgan fingerprint density at radius 3 is 2.70 bits per heavy atom. The molecule has 11 nitrogen and oxygen atoms in total. The average molecular weight is 548 g/mol. The minimum absolute atomic E-state index is 0.0702. The highest BCUT2D eigenvalue weighted by Crippen LogP contribution is 2.32. The van der Waals surface area contributed by atoms with Gasteiger partial charge in [-0.25, -0.2) is 4.79 Å². The van der Waals surface area contributed by atoms with E-state index in [1.165, 1.54) is 0 Å². The molecule has 0 radical (unpaired) electrons. The zero-order chi connectivity index (χ0) is 29.0.